The van der Waals surface area contributed by atoms with Crippen LogP contribution in [0.4, 0.5) is 0 Å². The lowest BCUT2D eigenvalue weighted by Gasteiger charge is -2.12. The van der Waals surface area contributed by atoms with Gasteiger partial charge in [0, 0.05) is 27.1 Å². The molecule has 0 amide bonds. The highest BCUT2D eigenvalue weighted by molar-refractivity contribution is 6.31. The van der Waals surface area contributed by atoms with Gasteiger partial charge in [-0.15, -0.1) is 0 Å². The Labute approximate surface area is 178 Å². The second-order valence-electron chi connectivity index (χ2n) is 6.70. The maximum Gasteiger partial charge on any atom is 0.260 e. The van der Waals surface area contributed by atoms with Crippen molar-refractivity contribution >= 4 is 34.4 Å². The number of rotatable bonds is 5. The minimum Gasteiger partial charge on any atom is -0.496 e. The predicted octanol–water partition coefficient (Wildman–Crippen LogP) is 5.75. The van der Waals surface area contributed by atoms with Crippen LogP contribution in [0, 0.1) is 0 Å². The highest BCUT2D eigenvalue weighted by Crippen LogP contribution is 2.31. The Morgan fingerprint density at radius 3 is 2.50 bits per heavy atom. The number of H-pyrrole nitrogens is 1. The van der Waals surface area contributed by atoms with Crippen molar-refractivity contribution in [2.24, 2.45) is 0 Å². The van der Waals surface area contributed by atoms with Gasteiger partial charge < -0.3 is 9.72 Å². The summed E-state index contributed by atoms with van der Waals surface area (Å²) in [6.45, 7) is 0. The first-order chi connectivity index (χ1) is 14.6. The lowest BCUT2D eigenvalue weighted by atomic mass is 9.94. The van der Waals surface area contributed by atoms with Crippen LogP contribution in [0.25, 0.3) is 28.1 Å². The minimum absolute atomic E-state index is 0.0714. The van der Waals surface area contributed by atoms with Gasteiger partial charge >= 0.3 is 0 Å². The summed E-state index contributed by atoms with van der Waals surface area (Å²) in [6.07, 6.45) is 3.04. The maximum atomic E-state index is 13.2. The van der Waals surface area contributed by atoms with Crippen molar-refractivity contribution in [1.29, 1.82) is 0 Å². The zero-order valence-corrected chi connectivity index (χ0v) is 16.9. The predicted molar refractivity (Wildman–Crippen MR) is 121 cm³/mol. The number of allylic oxidation sites excluding steroid dienone is 1. The topological polar surface area (TPSA) is 59.2 Å². The summed E-state index contributed by atoms with van der Waals surface area (Å²) in [5.41, 5.74) is 2.32. The molecule has 3 aromatic carbocycles. The summed E-state index contributed by atoms with van der Waals surface area (Å²) in [5, 5.41) is 1.23. The lowest BCUT2D eigenvalue weighted by Crippen LogP contribution is -2.18. The second kappa shape index (κ2) is 8.39. The molecule has 0 radical (unpaired) electrons. The van der Waals surface area contributed by atoms with E-state index in [0.29, 0.717) is 27.2 Å². The number of hydrogen-bond donors (Lipinski definition) is 1. The maximum absolute atomic E-state index is 13.2. The van der Waals surface area contributed by atoms with E-state index in [1.54, 1.807) is 31.4 Å². The molecule has 4 aromatic rings. The summed E-state index contributed by atoms with van der Waals surface area (Å²) < 4.78 is 5.33. The van der Waals surface area contributed by atoms with E-state index >= 15 is 0 Å². The standard InChI is InChI=1S/C25H18ClNO3/c1-30-22-10-6-5-7-16(22)11-14-21(28)24-23(17-8-3-2-4-9-17)19-15-18(26)12-13-20(19)27-25(24)29/h2-15H,1H3,(H,27,29). The number of hydrogen-bond acceptors (Lipinski definition) is 3. The molecule has 4 nitrogen and oxygen atoms in total. The molecule has 4 rings (SSSR count). The number of methoxy groups -OCH3 is 1. The van der Waals surface area contributed by atoms with Crippen LogP contribution in [0.3, 0.4) is 0 Å². The molecule has 148 valence electrons. The average Bonchev–Trinajstić information content (AvgIpc) is 2.77. The first-order valence-corrected chi connectivity index (χ1v) is 9.72. The molecule has 1 aromatic heterocycles. The van der Waals surface area contributed by atoms with Crippen LogP contribution in [-0.4, -0.2) is 17.9 Å². The Morgan fingerprint density at radius 2 is 1.73 bits per heavy atom. The quantitative estimate of drug-likeness (QED) is 0.333. The molecule has 0 spiro atoms. The number of ether oxygens (including phenoxy) is 1. The van der Waals surface area contributed by atoms with E-state index in [1.165, 1.54) is 6.08 Å². The van der Waals surface area contributed by atoms with Crippen molar-refractivity contribution in [3.63, 3.8) is 0 Å². The number of aromatic amines is 1. The molecule has 1 N–H and O–H groups in total. The third-order valence-corrected chi connectivity index (χ3v) is 5.07. The molecule has 0 fully saturated rings. The number of fused-ring (bicyclic) bond motifs is 1. The molecule has 30 heavy (non-hydrogen) atoms. The Kier molecular flexibility index (Phi) is 5.50. The largest absolute Gasteiger partial charge is 0.496 e. The molecular formula is C25H18ClNO3. The molecule has 1 heterocycles. The fourth-order valence-electron chi connectivity index (χ4n) is 3.46. The molecule has 0 aliphatic rings. The molecule has 0 aliphatic heterocycles. The third-order valence-electron chi connectivity index (χ3n) is 4.84. The van der Waals surface area contributed by atoms with Gasteiger partial charge in [0.25, 0.3) is 5.56 Å². The van der Waals surface area contributed by atoms with Gasteiger partial charge in [0.1, 0.15) is 5.75 Å². The number of benzene rings is 3. The van der Waals surface area contributed by atoms with Crippen LogP contribution < -0.4 is 10.3 Å². The minimum atomic E-state index is -0.446. The molecule has 5 heteroatoms. The summed E-state index contributed by atoms with van der Waals surface area (Å²) in [7, 11) is 1.57. The third kappa shape index (κ3) is 3.78. The van der Waals surface area contributed by atoms with Gasteiger partial charge in [0.2, 0.25) is 0 Å². The van der Waals surface area contributed by atoms with Gasteiger partial charge in [-0.05, 0) is 42.0 Å². The van der Waals surface area contributed by atoms with Crippen molar-refractivity contribution in [2.75, 3.05) is 7.11 Å². The fourth-order valence-corrected chi connectivity index (χ4v) is 3.63. The SMILES string of the molecule is COc1ccccc1C=CC(=O)c1c(-c2ccccc2)c2cc(Cl)ccc2[nH]c1=O. The van der Waals surface area contributed by atoms with Gasteiger partial charge in [-0.1, -0.05) is 60.1 Å². The molecule has 0 bridgehead atoms. The van der Waals surface area contributed by atoms with Crippen molar-refractivity contribution in [2.45, 2.75) is 0 Å². The normalized spacial score (nSPS) is 11.1. The first-order valence-electron chi connectivity index (χ1n) is 9.35. The molecule has 0 unspecified atom stereocenters. The van der Waals surface area contributed by atoms with E-state index in [-0.39, 0.29) is 5.56 Å². The van der Waals surface area contributed by atoms with E-state index < -0.39 is 11.3 Å². The van der Waals surface area contributed by atoms with E-state index in [9.17, 15) is 9.59 Å². The summed E-state index contributed by atoms with van der Waals surface area (Å²) in [4.78, 5) is 28.9. The van der Waals surface area contributed by atoms with Gasteiger partial charge in [-0.25, -0.2) is 0 Å². The molecule has 0 saturated carbocycles. The number of aromatic nitrogens is 1. The number of nitrogens with one attached hydrogen (secondary N) is 1. The van der Waals surface area contributed by atoms with Gasteiger partial charge in [0.15, 0.2) is 5.78 Å². The van der Waals surface area contributed by atoms with Crippen LogP contribution in [0.5, 0.6) is 5.75 Å². The van der Waals surface area contributed by atoms with Crippen LogP contribution in [0.1, 0.15) is 15.9 Å². The smallest absolute Gasteiger partial charge is 0.260 e. The first kappa shape index (κ1) is 19.7. The van der Waals surface area contributed by atoms with Crippen LogP contribution in [-0.2, 0) is 0 Å². The number of ketones is 1. The van der Waals surface area contributed by atoms with Crippen molar-refractivity contribution < 1.29 is 9.53 Å². The van der Waals surface area contributed by atoms with Crippen LogP contribution in [0.2, 0.25) is 5.02 Å². The summed E-state index contributed by atoms with van der Waals surface area (Å²) in [6, 6.07) is 21.9. The second-order valence-corrected chi connectivity index (χ2v) is 7.14. The monoisotopic (exact) mass is 415 g/mol. The van der Waals surface area contributed by atoms with E-state index in [0.717, 1.165) is 11.1 Å². The summed E-state index contributed by atoms with van der Waals surface area (Å²) >= 11 is 6.22. The summed E-state index contributed by atoms with van der Waals surface area (Å²) in [5.74, 6) is 0.243. The fraction of sp³-hybridized carbons (Fsp3) is 0.0400. The highest BCUT2D eigenvalue weighted by Gasteiger charge is 2.19. The van der Waals surface area contributed by atoms with Crippen LogP contribution >= 0.6 is 11.6 Å². The van der Waals surface area contributed by atoms with Crippen molar-refractivity contribution in [3.8, 4) is 16.9 Å². The van der Waals surface area contributed by atoms with Gasteiger partial charge in [-0.2, -0.15) is 0 Å². The van der Waals surface area contributed by atoms with E-state index in [1.807, 2.05) is 54.6 Å². The molecular weight excluding hydrogens is 398 g/mol. The van der Waals surface area contributed by atoms with Gasteiger partial charge in [-0.3, -0.25) is 9.59 Å². The highest BCUT2D eigenvalue weighted by atomic mass is 35.5. The molecule has 0 saturated heterocycles. The molecule has 0 atom stereocenters. The van der Waals surface area contributed by atoms with E-state index in [4.69, 9.17) is 16.3 Å². The zero-order chi connectivity index (χ0) is 21.1. The number of pyridine rings is 1. The van der Waals surface area contributed by atoms with Crippen LogP contribution in [0.15, 0.2) is 83.7 Å². The Morgan fingerprint density at radius 1 is 1.00 bits per heavy atom. The lowest BCUT2D eigenvalue weighted by molar-refractivity contribution is 0.104. The average molecular weight is 416 g/mol. The van der Waals surface area contributed by atoms with Crippen molar-refractivity contribution in [1.82, 2.24) is 4.98 Å². The Balaban J connectivity index is 1.92. The number of carbonyl (C=O) groups is 1. The number of para-hydroxylation sites is 1. The zero-order valence-electron chi connectivity index (χ0n) is 16.2. The number of halogens is 1. The van der Waals surface area contributed by atoms with Gasteiger partial charge in [0.05, 0.1) is 12.7 Å². The van der Waals surface area contributed by atoms with E-state index in [2.05, 4.69) is 4.98 Å². The number of carbonyl (C=O) groups excluding carboxylic acids is 1. The van der Waals surface area contributed by atoms with Crippen molar-refractivity contribution in [3.05, 3.63) is 105 Å². The molecule has 0 aliphatic carbocycles. The Hall–Kier alpha value is -3.63. The Bertz CT molecular complexity index is 1320.